The number of rotatable bonds is 6. The van der Waals surface area contributed by atoms with E-state index in [1.54, 1.807) is 21.3 Å². The third kappa shape index (κ3) is 4.60. The van der Waals surface area contributed by atoms with E-state index in [2.05, 4.69) is 5.32 Å². The first kappa shape index (κ1) is 17.6. The van der Waals surface area contributed by atoms with E-state index in [4.69, 9.17) is 14.2 Å². The second-order valence-electron chi connectivity index (χ2n) is 5.09. The number of amides is 2. The van der Waals surface area contributed by atoms with Crippen molar-refractivity contribution in [2.45, 2.75) is 6.42 Å². The number of nitrogens with zero attached hydrogens (tertiary/aromatic N) is 1. The lowest BCUT2D eigenvalue weighted by Gasteiger charge is -2.26. The SMILES string of the molecule is COc1cc(OC)c(CCNC(=O)N2CCSCC2)c(OC)c1. The molecular weight excluding hydrogens is 316 g/mol. The van der Waals surface area contributed by atoms with Crippen molar-refractivity contribution < 1.29 is 19.0 Å². The van der Waals surface area contributed by atoms with Gasteiger partial charge in [0.1, 0.15) is 17.2 Å². The van der Waals surface area contributed by atoms with Crippen LogP contribution in [0.5, 0.6) is 17.2 Å². The first-order chi connectivity index (χ1) is 11.2. The van der Waals surface area contributed by atoms with E-state index in [0.717, 1.165) is 30.2 Å². The van der Waals surface area contributed by atoms with E-state index in [-0.39, 0.29) is 6.03 Å². The molecule has 1 aromatic carbocycles. The quantitative estimate of drug-likeness (QED) is 0.858. The minimum absolute atomic E-state index is 0.00301. The van der Waals surface area contributed by atoms with Crippen molar-refractivity contribution in [1.82, 2.24) is 10.2 Å². The van der Waals surface area contributed by atoms with Crippen molar-refractivity contribution in [3.8, 4) is 17.2 Å². The number of thioether (sulfide) groups is 1. The molecule has 1 aliphatic rings. The average Bonchev–Trinajstić information content (AvgIpc) is 2.62. The second-order valence-corrected chi connectivity index (χ2v) is 6.32. The largest absolute Gasteiger partial charge is 0.496 e. The molecule has 1 fully saturated rings. The number of hydrogen-bond acceptors (Lipinski definition) is 5. The molecule has 0 aromatic heterocycles. The Morgan fingerprint density at radius 1 is 1.13 bits per heavy atom. The molecule has 6 nitrogen and oxygen atoms in total. The summed E-state index contributed by atoms with van der Waals surface area (Å²) >= 11 is 1.88. The van der Waals surface area contributed by atoms with Gasteiger partial charge in [0.25, 0.3) is 0 Å². The highest BCUT2D eigenvalue weighted by molar-refractivity contribution is 7.99. The second kappa shape index (κ2) is 8.76. The third-order valence-corrected chi connectivity index (χ3v) is 4.71. The maximum Gasteiger partial charge on any atom is 0.317 e. The standard InChI is InChI=1S/C16H24N2O4S/c1-20-12-10-14(21-2)13(15(11-12)22-3)4-5-17-16(19)18-6-8-23-9-7-18/h10-11H,4-9H2,1-3H3,(H,17,19). The van der Waals surface area contributed by atoms with Gasteiger partial charge in [-0.05, 0) is 6.42 Å². The number of methoxy groups -OCH3 is 3. The van der Waals surface area contributed by atoms with Gasteiger partial charge in [0.15, 0.2) is 0 Å². The fraction of sp³-hybridized carbons (Fsp3) is 0.562. The van der Waals surface area contributed by atoms with E-state index in [1.165, 1.54) is 0 Å². The van der Waals surface area contributed by atoms with Gasteiger partial charge in [-0.25, -0.2) is 4.79 Å². The number of ether oxygens (including phenoxy) is 3. The van der Waals surface area contributed by atoms with Gasteiger partial charge in [-0.2, -0.15) is 11.8 Å². The summed E-state index contributed by atoms with van der Waals surface area (Å²) in [6.07, 6.45) is 0.630. The van der Waals surface area contributed by atoms with Gasteiger partial charge >= 0.3 is 6.03 Å². The van der Waals surface area contributed by atoms with Crippen LogP contribution in [0.1, 0.15) is 5.56 Å². The monoisotopic (exact) mass is 340 g/mol. The van der Waals surface area contributed by atoms with Crippen LogP contribution >= 0.6 is 11.8 Å². The Hall–Kier alpha value is -1.76. The highest BCUT2D eigenvalue weighted by Gasteiger charge is 2.17. The summed E-state index contributed by atoms with van der Waals surface area (Å²) in [6, 6.07) is 3.64. The minimum Gasteiger partial charge on any atom is -0.496 e. The van der Waals surface area contributed by atoms with Gasteiger partial charge < -0.3 is 24.4 Å². The maximum absolute atomic E-state index is 12.1. The van der Waals surface area contributed by atoms with Gasteiger partial charge in [0, 0.05) is 48.8 Å². The molecule has 1 heterocycles. The zero-order chi connectivity index (χ0) is 16.7. The fourth-order valence-corrected chi connectivity index (χ4v) is 3.40. The van der Waals surface area contributed by atoms with Crippen LogP contribution in [0.25, 0.3) is 0 Å². The topological polar surface area (TPSA) is 60.0 Å². The number of carbonyl (C=O) groups excluding carboxylic acids is 1. The summed E-state index contributed by atoms with van der Waals surface area (Å²) in [5.41, 5.74) is 0.922. The molecule has 0 bridgehead atoms. The Kier molecular flexibility index (Phi) is 6.70. The predicted molar refractivity (Wildman–Crippen MR) is 92.1 cm³/mol. The molecule has 2 rings (SSSR count). The van der Waals surface area contributed by atoms with Crippen molar-refractivity contribution in [3.05, 3.63) is 17.7 Å². The van der Waals surface area contributed by atoms with Crippen molar-refractivity contribution in [2.75, 3.05) is 52.5 Å². The van der Waals surface area contributed by atoms with E-state index >= 15 is 0 Å². The number of hydrogen-bond donors (Lipinski definition) is 1. The third-order valence-electron chi connectivity index (χ3n) is 3.77. The van der Waals surface area contributed by atoms with Crippen LogP contribution in [0.15, 0.2) is 12.1 Å². The molecular formula is C16H24N2O4S. The molecule has 0 atom stereocenters. The Labute approximate surface area is 141 Å². The van der Waals surface area contributed by atoms with Crippen LogP contribution in [-0.2, 0) is 6.42 Å². The molecule has 2 amide bonds. The van der Waals surface area contributed by atoms with E-state index < -0.39 is 0 Å². The Morgan fingerprint density at radius 3 is 2.26 bits per heavy atom. The molecule has 128 valence electrons. The first-order valence-electron chi connectivity index (χ1n) is 7.59. The highest BCUT2D eigenvalue weighted by atomic mass is 32.2. The van der Waals surface area contributed by atoms with Crippen molar-refractivity contribution in [2.24, 2.45) is 0 Å². The Morgan fingerprint density at radius 2 is 1.74 bits per heavy atom. The number of urea groups is 1. The minimum atomic E-state index is -0.00301. The molecule has 23 heavy (non-hydrogen) atoms. The summed E-state index contributed by atoms with van der Waals surface area (Å²) in [6.45, 7) is 2.15. The zero-order valence-corrected chi connectivity index (χ0v) is 14.7. The normalized spacial score (nSPS) is 14.3. The van der Waals surface area contributed by atoms with Crippen LogP contribution in [0.2, 0.25) is 0 Å². The van der Waals surface area contributed by atoms with Crippen LogP contribution in [0, 0.1) is 0 Å². The summed E-state index contributed by atoms with van der Waals surface area (Å²) in [7, 11) is 4.83. The lowest BCUT2D eigenvalue weighted by molar-refractivity contribution is 0.203. The van der Waals surface area contributed by atoms with Crippen LogP contribution in [0.3, 0.4) is 0 Å². The maximum atomic E-state index is 12.1. The fourth-order valence-electron chi connectivity index (χ4n) is 2.50. The van der Waals surface area contributed by atoms with E-state index in [1.807, 2.05) is 28.8 Å². The lowest BCUT2D eigenvalue weighted by atomic mass is 10.1. The Bertz CT molecular complexity index is 508. The first-order valence-corrected chi connectivity index (χ1v) is 8.74. The molecule has 0 radical (unpaired) electrons. The summed E-state index contributed by atoms with van der Waals surface area (Å²) in [5.74, 6) is 4.09. The van der Waals surface area contributed by atoms with E-state index in [9.17, 15) is 4.79 Å². The molecule has 1 aliphatic heterocycles. The predicted octanol–water partition coefficient (Wildman–Crippen LogP) is 2.01. The van der Waals surface area contributed by atoms with Crippen LogP contribution < -0.4 is 19.5 Å². The van der Waals surface area contributed by atoms with Gasteiger partial charge in [0.2, 0.25) is 0 Å². The molecule has 0 spiro atoms. The number of nitrogens with one attached hydrogen (secondary N) is 1. The molecule has 0 unspecified atom stereocenters. The van der Waals surface area contributed by atoms with Crippen molar-refractivity contribution >= 4 is 17.8 Å². The summed E-state index contributed by atoms with van der Waals surface area (Å²) < 4.78 is 16.1. The molecule has 7 heteroatoms. The zero-order valence-electron chi connectivity index (χ0n) is 13.9. The lowest BCUT2D eigenvalue weighted by Crippen LogP contribution is -2.44. The van der Waals surface area contributed by atoms with E-state index in [0.29, 0.717) is 30.2 Å². The molecule has 1 N–H and O–H groups in total. The molecule has 0 saturated carbocycles. The van der Waals surface area contributed by atoms with Gasteiger partial charge in [-0.3, -0.25) is 0 Å². The van der Waals surface area contributed by atoms with Crippen LogP contribution in [-0.4, -0.2) is 63.4 Å². The molecule has 0 aliphatic carbocycles. The summed E-state index contributed by atoms with van der Waals surface area (Å²) in [5, 5.41) is 2.97. The highest BCUT2D eigenvalue weighted by Crippen LogP contribution is 2.34. The van der Waals surface area contributed by atoms with Gasteiger partial charge in [0.05, 0.1) is 21.3 Å². The molecule has 1 saturated heterocycles. The smallest absolute Gasteiger partial charge is 0.317 e. The number of carbonyl (C=O) groups is 1. The average molecular weight is 340 g/mol. The van der Waals surface area contributed by atoms with Gasteiger partial charge in [-0.1, -0.05) is 0 Å². The molecule has 1 aromatic rings. The summed E-state index contributed by atoms with van der Waals surface area (Å²) in [4.78, 5) is 14.0. The van der Waals surface area contributed by atoms with Crippen LogP contribution in [0.4, 0.5) is 4.79 Å². The van der Waals surface area contributed by atoms with Gasteiger partial charge in [-0.15, -0.1) is 0 Å². The van der Waals surface area contributed by atoms with Crippen molar-refractivity contribution in [1.29, 1.82) is 0 Å². The number of benzene rings is 1. The van der Waals surface area contributed by atoms with Crippen molar-refractivity contribution in [3.63, 3.8) is 0 Å². The Balaban J connectivity index is 1.97.